The molecule has 5 nitrogen and oxygen atoms in total. The highest BCUT2D eigenvalue weighted by atomic mass is 16.3. The second-order valence-corrected chi connectivity index (χ2v) is 5.22. The second kappa shape index (κ2) is 4.67. The summed E-state index contributed by atoms with van der Waals surface area (Å²) in [6, 6.07) is 3.67. The zero-order chi connectivity index (χ0) is 14.3. The molecule has 0 fully saturated rings. The van der Waals surface area contributed by atoms with Gasteiger partial charge in [-0.05, 0) is 25.0 Å². The topological polar surface area (TPSA) is 51.3 Å². The summed E-state index contributed by atoms with van der Waals surface area (Å²) in [5, 5.41) is 4.47. The Kier molecular flexibility index (Phi) is 2.97. The van der Waals surface area contributed by atoms with Crippen molar-refractivity contribution < 1.29 is 9.21 Å². The van der Waals surface area contributed by atoms with Crippen molar-refractivity contribution in [2.45, 2.75) is 12.8 Å². The third-order valence-corrected chi connectivity index (χ3v) is 3.44. The highest BCUT2D eigenvalue weighted by Crippen LogP contribution is 2.33. The number of carbonyl (C=O) groups excluding carboxylic acids is 1. The van der Waals surface area contributed by atoms with Gasteiger partial charge in [0.2, 0.25) is 0 Å². The van der Waals surface area contributed by atoms with Gasteiger partial charge in [0, 0.05) is 32.9 Å². The zero-order valence-corrected chi connectivity index (χ0v) is 11.9. The third-order valence-electron chi connectivity index (χ3n) is 3.44. The average Bonchev–Trinajstić information content (AvgIpc) is 2.99. The van der Waals surface area contributed by atoms with Crippen molar-refractivity contribution in [3.8, 4) is 11.5 Å². The largest absolute Gasteiger partial charge is 0.463 e. The van der Waals surface area contributed by atoms with Crippen LogP contribution in [-0.2, 0) is 13.5 Å². The van der Waals surface area contributed by atoms with E-state index in [1.807, 2.05) is 44.4 Å². The summed E-state index contributed by atoms with van der Waals surface area (Å²) >= 11 is 0. The maximum absolute atomic E-state index is 12.7. The van der Waals surface area contributed by atoms with Crippen LogP contribution in [0.25, 0.3) is 11.5 Å². The zero-order valence-electron chi connectivity index (χ0n) is 11.9. The Balaban J connectivity index is 2.14. The second-order valence-electron chi connectivity index (χ2n) is 5.22. The molecule has 104 valence electrons. The van der Waals surface area contributed by atoms with Gasteiger partial charge >= 0.3 is 0 Å². The molecule has 1 aliphatic carbocycles. The molecule has 0 saturated heterocycles. The lowest BCUT2D eigenvalue weighted by atomic mass is 9.90. The molecule has 1 aliphatic rings. The van der Waals surface area contributed by atoms with Gasteiger partial charge in [-0.2, -0.15) is 5.10 Å². The lowest BCUT2D eigenvalue weighted by Crippen LogP contribution is -2.16. The number of carbonyl (C=O) groups is 1. The lowest BCUT2D eigenvalue weighted by molar-refractivity contribution is 0.102. The van der Waals surface area contributed by atoms with Crippen LogP contribution >= 0.6 is 0 Å². The fourth-order valence-electron chi connectivity index (χ4n) is 2.65. The highest BCUT2D eigenvalue weighted by molar-refractivity contribution is 6.13. The molecule has 2 aromatic rings. The van der Waals surface area contributed by atoms with Crippen LogP contribution in [-0.4, -0.2) is 34.6 Å². The van der Waals surface area contributed by atoms with Gasteiger partial charge in [0.25, 0.3) is 0 Å². The Labute approximate surface area is 117 Å². The Bertz CT molecular complexity index is 678. The first-order valence-corrected chi connectivity index (χ1v) is 6.59. The van der Waals surface area contributed by atoms with Gasteiger partial charge in [-0.25, -0.2) is 0 Å². The van der Waals surface area contributed by atoms with Crippen LogP contribution in [0.1, 0.15) is 22.5 Å². The number of hydrogen-bond acceptors (Lipinski definition) is 4. The van der Waals surface area contributed by atoms with Gasteiger partial charge in [0.1, 0.15) is 5.69 Å². The van der Waals surface area contributed by atoms with E-state index in [2.05, 4.69) is 5.10 Å². The van der Waals surface area contributed by atoms with E-state index in [1.54, 1.807) is 10.9 Å². The van der Waals surface area contributed by atoms with Crippen molar-refractivity contribution in [2.24, 2.45) is 7.05 Å². The van der Waals surface area contributed by atoms with E-state index in [-0.39, 0.29) is 5.78 Å². The molecule has 0 N–H and O–H groups in total. The van der Waals surface area contributed by atoms with E-state index in [0.29, 0.717) is 11.3 Å². The van der Waals surface area contributed by atoms with E-state index in [0.717, 1.165) is 29.8 Å². The molecule has 0 amide bonds. The molecule has 2 aromatic heterocycles. The molecule has 20 heavy (non-hydrogen) atoms. The molecule has 0 radical (unpaired) electrons. The number of rotatable bonds is 2. The Hall–Kier alpha value is -2.30. The Morgan fingerprint density at radius 3 is 2.85 bits per heavy atom. The van der Waals surface area contributed by atoms with Crippen molar-refractivity contribution in [3.05, 3.63) is 41.4 Å². The van der Waals surface area contributed by atoms with E-state index >= 15 is 0 Å². The van der Waals surface area contributed by atoms with Gasteiger partial charge in [-0.3, -0.25) is 9.48 Å². The molecule has 0 aromatic carbocycles. The fourth-order valence-corrected chi connectivity index (χ4v) is 2.65. The smallest absolute Gasteiger partial charge is 0.194 e. The first-order chi connectivity index (χ1) is 9.58. The average molecular weight is 271 g/mol. The SMILES string of the molecule is CN(C)C=C1CCc2nn(C)c(-c3ccco3)c2C1=O. The van der Waals surface area contributed by atoms with Crippen LogP contribution < -0.4 is 0 Å². The van der Waals surface area contributed by atoms with Gasteiger partial charge in [-0.1, -0.05) is 0 Å². The van der Waals surface area contributed by atoms with Crippen molar-refractivity contribution in [1.82, 2.24) is 14.7 Å². The number of fused-ring (bicyclic) bond motifs is 1. The van der Waals surface area contributed by atoms with Crippen molar-refractivity contribution in [3.63, 3.8) is 0 Å². The minimum Gasteiger partial charge on any atom is -0.463 e. The maximum atomic E-state index is 12.7. The molecule has 0 aliphatic heterocycles. The van der Waals surface area contributed by atoms with Crippen LogP contribution in [0, 0.1) is 0 Å². The number of hydrogen-bond donors (Lipinski definition) is 0. The molecule has 3 rings (SSSR count). The summed E-state index contributed by atoms with van der Waals surface area (Å²) < 4.78 is 7.18. The third kappa shape index (κ3) is 1.95. The van der Waals surface area contributed by atoms with Crippen LogP contribution in [0.15, 0.2) is 34.6 Å². The molecule has 0 atom stereocenters. The molecule has 0 spiro atoms. The maximum Gasteiger partial charge on any atom is 0.194 e. The number of nitrogens with zero attached hydrogens (tertiary/aromatic N) is 3. The fraction of sp³-hybridized carbons (Fsp3) is 0.333. The molecule has 5 heteroatoms. The predicted molar refractivity (Wildman–Crippen MR) is 75.3 cm³/mol. The number of furan rings is 1. The minimum absolute atomic E-state index is 0.0550. The predicted octanol–water partition coefficient (Wildman–Crippen LogP) is 2.25. The van der Waals surface area contributed by atoms with Crippen molar-refractivity contribution in [1.29, 1.82) is 0 Å². The molecular formula is C15H17N3O2. The minimum atomic E-state index is 0.0550. The summed E-state index contributed by atoms with van der Waals surface area (Å²) in [6.07, 6.45) is 5.02. The van der Waals surface area contributed by atoms with E-state index < -0.39 is 0 Å². The first kappa shape index (κ1) is 12.7. The van der Waals surface area contributed by atoms with E-state index in [9.17, 15) is 4.79 Å². The normalized spacial score (nSPS) is 16.6. The summed E-state index contributed by atoms with van der Waals surface area (Å²) in [4.78, 5) is 14.6. The van der Waals surface area contributed by atoms with Crippen LogP contribution in [0.3, 0.4) is 0 Å². The van der Waals surface area contributed by atoms with E-state index in [4.69, 9.17) is 4.42 Å². The Morgan fingerprint density at radius 2 is 2.20 bits per heavy atom. The van der Waals surface area contributed by atoms with Crippen molar-refractivity contribution >= 4 is 5.78 Å². The van der Waals surface area contributed by atoms with Gasteiger partial charge in [-0.15, -0.1) is 0 Å². The standard InChI is InChI=1S/C15H17N3O2/c1-17(2)9-10-6-7-11-13(15(10)19)14(18(3)16-11)12-5-4-8-20-12/h4-5,8-9H,6-7H2,1-3H3. The number of ketones is 1. The van der Waals surface area contributed by atoms with Crippen molar-refractivity contribution in [2.75, 3.05) is 14.1 Å². The van der Waals surface area contributed by atoms with Crippen LogP contribution in [0.5, 0.6) is 0 Å². The van der Waals surface area contributed by atoms with Gasteiger partial charge in [0.15, 0.2) is 11.5 Å². The number of aromatic nitrogens is 2. The monoisotopic (exact) mass is 271 g/mol. The summed E-state index contributed by atoms with van der Waals surface area (Å²) in [7, 11) is 5.69. The molecule has 0 unspecified atom stereocenters. The van der Waals surface area contributed by atoms with Crippen LogP contribution in [0.2, 0.25) is 0 Å². The van der Waals surface area contributed by atoms with E-state index in [1.165, 1.54) is 0 Å². The highest BCUT2D eigenvalue weighted by Gasteiger charge is 2.30. The number of Topliss-reactive ketones (excluding diaryl/α,β-unsaturated/α-hetero) is 1. The number of allylic oxidation sites excluding steroid dienone is 1. The quantitative estimate of drug-likeness (QED) is 0.786. The summed E-state index contributed by atoms with van der Waals surface area (Å²) in [5.41, 5.74) is 3.13. The first-order valence-electron chi connectivity index (χ1n) is 6.59. The molecule has 2 heterocycles. The summed E-state index contributed by atoms with van der Waals surface area (Å²) in [5.74, 6) is 0.736. The van der Waals surface area contributed by atoms with Gasteiger partial charge in [0.05, 0.1) is 17.5 Å². The molecule has 0 bridgehead atoms. The lowest BCUT2D eigenvalue weighted by Gasteiger charge is -2.16. The summed E-state index contributed by atoms with van der Waals surface area (Å²) in [6.45, 7) is 0. The van der Waals surface area contributed by atoms with Crippen LogP contribution in [0.4, 0.5) is 0 Å². The molecular weight excluding hydrogens is 254 g/mol. The van der Waals surface area contributed by atoms with Gasteiger partial charge < -0.3 is 9.32 Å². The Morgan fingerprint density at radius 1 is 1.40 bits per heavy atom. The molecule has 0 saturated carbocycles. The number of aryl methyl sites for hydroxylation is 2.